The van der Waals surface area contributed by atoms with E-state index >= 15 is 0 Å². The fourth-order valence-electron chi connectivity index (χ4n) is 6.22. The minimum Gasteiger partial charge on any atom is -0.456 e. The van der Waals surface area contributed by atoms with E-state index in [9.17, 15) is 0 Å². The van der Waals surface area contributed by atoms with Crippen molar-refractivity contribution in [1.82, 2.24) is 19.9 Å². The quantitative estimate of drug-likeness (QED) is 0.196. The van der Waals surface area contributed by atoms with Crippen LogP contribution in [0.1, 0.15) is 0 Å². The summed E-state index contributed by atoms with van der Waals surface area (Å²) in [6.07, 6.45) is 3.63. The maximum Gasteiger partial charge on any atom is 0.164 e. The van der Waals surface area contributed by atoms with Crippen molar-refractivity contribution in [3.05, 3.63) is 158 Å². The molecule has 0 atom stereocenters. The molecular formula is C42H26N4O. The minimum absolute atomic E-state index is 0.601. The lowest BCUT2D eigenvalue weighted by molar-refractivity contribution is 0.669. The Kier molecular flexibility index (Phi) is 6.39. The van der Waals surface area contributed by atoms with Gasteiger partial charge >= 0.3 is 0 Å². The van der Waals surface area contributed by atoms with Gasteiger partial charge in [0.2, 0.25) is 0 Å². The molecule has 0 radical (unpaired) electrons. The second-order valence-corrected chi connectivity index (χ2v) is 11.6. The summed E-state index contributed by atoms with van der Waals surface area (Å²) >= 11 is 0. The Labute approximate surface area is 270 Å². The van der Waals surface area contributed by atoms with E-state index in [1.807, 2.05) is 73.1 Å². The highest BCUT2D eigenvalue weighted by Gasteiger charge is 2.16. The molecule has 0 saturated carbocycles. The highest BCUT2D eigenvalue weighted by molar-refractivity contribution is 6.06. The Morgan fingerprint density at radius 3 is 1.79 bits per heavy atom. The van der Waals surface area contributed by atoms with Crippen molar-refractivity contribution in [3.8, 4) is 56.4 Å². The molecule has 5 nitrogen and oxygen atoms in total. The molecule has 6 aromatic carbocycles. The summed E-state index contributed by atoms with van der Waals surface area (Å²) in [7, 11) is 0. The summed E-state index contributed by atoms with van der Waals surface area (Å²) in [5, 5.41) is 4.51. The zero-order valence-electron chi connectivity index (χ0n) is 25.2. The second kappa shape index (κ2) is 11.2. The maximum atomic E-state index is 6.26. The van der Waals surface area contributed by atoms with Crippen molar-refractivity contribution < 1.29 is 4.42 Å². The van der Waals surface area contributed by atoms with Crippen molar-refractivity contribution in [2.45, 2.75) is 0 Å². The third-order valence-electron chi connectivity index (χ3n) is 8.59. The average molecular weight is 603 g/mol. The van der Waals surface area contributed by atoms with E-state index in [1.54, 1.807) is 0 Å². The van der Waals surface area contributed by atoms with Crippen molar-refractivity contribution in [1.29, 1.82) is 0 Å². The number of aromatic nitrogens is 4. The summed E-state index contributed by atoms with van der Waals surface area (Å²) in [6, 6.07) is 49.9. The predicted octanol–water partition coefficient (Wildman–Crippen LogP) is 10.7. The molecule has 47 heavy (non-hydrogen) atoms. The number of benzene rings is 6. The van der Waals surface area contributed by atoms with Crippen LogP contribution < -0.4 is 0 Å². The Bertz CT molecular complexity index is 2580. The Balaban J connectivity index is 1.25. The molecule has 9 aromatic rings. The van der Waals surface area contributed by atoms with Crippen molar-refractivity contribution in [2.24, 2.45) is 0 Å². The van der Waals surface area contributed by atoms with Gasteiger partial charge in [0, 0.05) is 39.9 Å². The van der Waals surface area contributed by atoms with Crippen LogP contribution in [-0.4, -0.2) is 19.9 Å². The third-order valence-corrected chi connectivity index (χ3v) is 8.59. The van der Waals surface area contributed by atoms with Crippen LogP contribution >= 0.6 is 0 Å². The van der Waals surface area contributed by atoms with Gasteiger partial charge in [-0.1, -0.05) is 91.0 Å². The largest absolute Gasteiger partial charge is 0.456 e. The first-order valence-corrected chi connectivity index (χ1v) is 15.5. The highest BCUT2D eigenvalue weighted by Crippen LogP contribution is 2.36. The van der Waals surface area contributed by atoms with Crippen LogP contribution in [0.4, 0.5) is 0 Å². The van der Waals surface area contributed by atoms with E-state index in [-0.39, 0.29) is 0 Å². The van der Waals surface area contributed by atoms with E-state index in [0.717, 1.165) is 66.3 Å². The number of para-hydroxylation sites is 1. The van der Waals surface area contributed by atoms with Crippen LogP contribution in [0, 0.1) is 0 Å². The molecule has 0 spiro atoms. The van der Waals surface area contributed by atoms with Gasteiger partial charge in [-0.2, -0.15) is 0 Å². The highest BCUT2D eigenvalue weighted by atomic mass is 16.3. The van der Waals surface area contributed by atoms with Gasteiger partial charge in [0.15, 0.2) is 17.5 Å². The van der Waals surface area contributed by atoms with Crippen LogP contribution in [0.3, 0.4) is 0 Å². The number of rotatable bonds is 5. The Morgan fingerprint density at radius 1 is 0.340 bits per heavy atom. The molecule has 0 aliphatic carbocycles. The van der Waals surface area contributed by atoms with Crippen LogP contribution in [-0.2, 0) is 0 Å². The first kappa shape index (κ1) is 26.9. The second-order valence-electron chi connectivity index (χ2n) is 11.6. The third kappa shape index (κ3) is 5.00. The summed E-state index contributed by atoms with van der Waals surface area (Å²) in [5.74, 6) is 1.85. The fraction of sp³-hybridized carbons (Fsp3) is 0. The van der Waals surface area contributed by atoms with E-state index in [2.05, 4.69) is 89.9 Å². The van der Waals surface area contributed by atoms with Crippen molar-refractivity contribution in [3.63, 3.8) is 0 Å². The first-order valence-electron chi connectivity index (χ1n) is 15.5. The molecule has 0 aliphatic heterocycles. The summed E-state index contributed by atoms with van der Waals surface area (Å²) < 4.78 is 6.26. The molecule has 0 aliphatic rings. The average Bonchev–Trinajstić information content (AvgIpc) is 3.53. The van der Waals surface area contributed by atoms with Gasteiger partial charge in [0.1, 0.15) is 11.2 Å². The predicted molar refractivity (Wildman–Crippen MR) is 190 cm³/mol. The maximum absolute atomic E-state index is 6.26. The van der Waals surface area contributed by atoms with Gasteiger partial charge in [-0.3, -0.25) is 4.98 Å². The van der Waals surface area contributed by atoms with Gasteiger partial charge < -0.3 is 4.42 Å². The van der Waals surface area contributed by atoms with Gasteiger partial charge in [-0.15, -0.1) is 0 Å². The molecule has 9 rings (SSSR count). The Morgan fingerprint density at radius 2 is 0.957 bits per heavy atom. The summed E-state index contributed by atoms with van der Waals surface area (Å²) in [6.45, 7) is 0. The smallest absolute Gasteiger partial charge is 0.164 e. The molecule has 3 aromatic heterocycles. The standard InChI is InChI=1S/C42H26N4O/c1-2-9-29(10-3-1)40-44-41(32-15-14-27-8-4-5-11-30(27)22-32)46-42(45-40)35-24-33(28-18-20-43-21-19-28)23-34(25-35)31-16-17-37-36-12-6-7-13-38(36)47-39(37)26-31/h1-26H. The molecule has 0 amide bonds. The molecule has 220 valence electrons. The number of hydrogen-bond acceptors (Lipinski definition) is 5. The zero-order chi connectivity index (χ0) is 31.2. The normalized spacial score (nSPS) is 11.4. The van der Waals surface area contributed by atoms with Gasteiger partial charge in [0.05, 0.1) is 0 Å². The molecule has 3 heterocycles. The van der Waals surface area contributed by atoms with E-state index in [0.29, 0.717) is 17.5 Å². The lowest BCUT2D eigenvalue weighted by atomic mass is 9.95. The Hall–Kier alpha value is -6.46. The lowest BCUT2D eigenvalue weighted by Crippen LogP contribution is -2.00. The first-order chi connectivity index (χ1) is 23.2. The number of nitrogens with zero attached hydrogens (tertiary/aromatic N) is 4. The van der Waals surface area contributed by atoms with Crippen LogP contribution in [0.15, 0.2) is 162 Å². The monoisotopic (exact) mass is 602 g/mol. The lowest BCUT2D eigenvalue weighted by Gasteiger charge is -2.12. The molecule has 0 unspecified atom stereocenters. The van der Waals surface area contributed by atoms with Gasteiger partial charge in [-0.25, -0.2) is 15.0 Å². The van der Waals surface area contributed by atoms with E-state index in [1.165, 1.54) is 5.39 Å². The molecular weight excluding hydrogens is 576 g/mol. The fourth-order valence-corrected chi connectivity index (χ4v) is 6.22. The molecule has 0 fully saturated rings. The van der Waals surface area contributed by atoms with E-state index < -0.39 is 0 Å². The van der Waals surface area contributed by atoms with Crippen LogP contribution in [0.2, 0.25) is 0 Å². The minimum atomic E-state index is 0.601. The number of fused-ring (bicyclic) bond motifs is 4. The molecule has 0 bridgehead atoms. The summed E-state index contributed by atoms with van der Waals surface area (Å²) in [4.78, 5) is 19.4. The SMILES string of the molecule is c1ccc(-c2nc(-c3cc(-c4ccncc4)cc(-c4ccc5c(c4)oc4ccccc45)c3)nc(-c3ccc4ccccc4c3)n2)cc1. The van der Waals surface area contributed by atoms with Crippen LogP contribution in [0.25, 0.3) is 89.1 Å². The van der Waals surface area contributed by atoms with Crippen molar-refractivity contribution in [2.75, 3.05) is 0 Å². The van der Waals surface area contributed by atoms with Crippen molar-refractivity contribution >= 4 is 32.7 Å². The number of furan rings is 1. The molecule has 5 heteroatoms. The topological polar surface area (TPSA) is 64.7 Å². The summed E-state index contributed by atoms with van der Waals surface area (Å²) in [5.41, 5.74) is 8.66. The van der Waals surface area contributed by atoms with Gasteiger partial charge in [0.25, 0.3) is 0 Å². The zero-order valence-corrected chi connectivity index (χ0v) is 25.2. The molecule has 0 N–H and O–H groups in total. The van der Waals surface area contributed by atoms with Crippen LogP contribution in [0.5, 0.6) is 0 Å². The number of hydrogen-bond donors (Lipinski definition) is 0. The molecule has 0 saturated heterocycles. The van der Waals surface area contributed by atoms with Gasteiger partial charge in [-0.05, 0) is 87.6 Å². The number of pyridine rings is 1. The van der Waals surface area contributed by atoms with E-state index in [4.69, 9.17) is 19.4 Å².